The van der Waals surface area contributed by atoms with Crippen molar-refractivity contribution in [2.24, 2.45) is 0 Å². The second-order valence-electron chi connectivity index (χ2n) is 8.56. The number of halogens is 1. The minimum absolute atomic E-state index is 0.102. The van der Waals surface area contributed by atoms with Gasteiger partial charge in [-0.25, -0.2) is 9.97 Å². The van der Waals surface area contributed by atoms with Crippen molar-refractivity contribution in [3.8, 4) is 5.75 Å². The van der Waals surface area contributed by atoms with E-state index in [1.54, 1.807) is 7.11 Å². The lowest BCUT2D eigenvalue weighted by Gasteiger charge is -2.36. The van der Waals surface area contributed by atoms with Gasteiger partial charge in [0.2, 0.25) is 5.91 Å². The average Bonchev–Trinajstić information content (AvgIpc) is 2.87. The summed E-state index contributed by atoms with van der Waals surface area (Å²) in [4.78, 5) is 28.3. The summed E-state index contributed by atoms with van der Waals surface area (Å²) >= 11 is 7.65. The summed E-state index contributed by atoms with van der Waals surface area (Å²) < 4.78 is 5.48. The van der Waals surface area contributed by atoms with Gasteiger partial charge < -0.3 is 19.4 Å². The van der Waals surface area contributed by atoms with Crippen molar-refractivity contribution in [1.29, 1.82) is 0 Å². The molecule has 0 atom stereocenters. The van der Waals surface area contributed by atoms with E-state index < -0.39 is 0 Å². The maximum absolute atomic E-state index is 12.9. The number of piperazine rings is 1. The molecule has 2 fully saturated rings. The molecule has 1 aromatic carbocycles. The summed E-state index contributed by atoms with van der Waals surface area (Å²) in [6, 6.07) is 10.3. The van der Waals surface area contributed by atoms with Crippen LogP contribution in [0, 0.1) is 0 Å². The van der Waals surface area contributed by atoms with Crippen LogP contribution in [0.4, 0.5) is 11.5 Å². The number of carbonyl (C=O) groups is 1. The molecular formula is C24H32ClN5O2S. The predicted octanol–water partition coefficient (Wildman–Crippen LogP) is 4.35. The quantitative estimate of drug-likeness (QED) is 0.325. The van der Waals surface area contributed by atoms with Crippen LogP contribution in [-0.2, 0) is 4.79 Å². The first-order valence-corrected chi connectivity index (χ1v) is 13.0. The summed E-state index contributed by atoms with van der Waals surface area (Å²) in [7, 11) is 3.77. The number of nitrogens with zero attached hydrogens (tertiary/aromatic N) is 5. The Kier molecular flexibility index (Phi) is 8.20. The highest BCUT2D eigenvalue weighted by atomic mass is 35.5. The molecule has 7 nitrogen and oxygen atoms in total. The summed E-state index contributed by atoms with van der Waals surface area (Å²) in [6.45, 7) is 2.93. The van der Waals surface area contributed by atoms with E-state index in [1.165, 1.54) is 43.9 Å². The zero-order valence-electron chi connectivity index (χ0n) is 19.4. The Morgan fingerprint density at radius 1 is 1.15 bits per heavy atom. The van der Waals surface area contributed by atoms with Crippen LogP contribution in [0.15, 0.2) is 35.5 Å². The van der Waals surface area contributed by atoms with Crippen molar-refractivity contribution in [3.05, 3.63) is 35.5 Å². The molecule has 9 heteroatoms. The van der Waals surface area contributed by atoms with Gasteiger partial charge in [-0.05, 0) is 25.0 Å². The Morgan fingerprint density at radius 2 is 1.88 bits per heavy atom. The van der Waals surface area contributed by atoms with E-state index >= 15 is 0 Å². The third-order valence-electron chi connectivity index (χ3n) is 6.53. The van der Waals surface area contributed by atoms with Crippen molar-refractivity contribution in [1.82, 2.24) is 14.9 Å². The minimum Gasteiger partial charge on any atom is -0.495 e. The molecule has 2 heterocycles. The molecule has 0 N–H and O–H groups in total. The number of ether oxygens (including phenoxy) is 1. The van der Waals surface area contributed by atoms with E-state index in [4.69, 9.17) is 21.3 Å². The lowest BCUT2D eigenvalue weighted by molar-refractivity contribution is -0.128. The molecule has 1 saturated heterocycles. The van der Waals surface area contributed by atoms with Crippen LogP contribution < -0.4 is 14.5 Å². The zero-order chi connectivity index (χ0) is 23.2. The van der Waals surface area contributed by atoms with Gasteiger partial charge in [-0.3, -0.25) is 4.79 Å². The molecule has 0 unspecified atom stereocenters. The molecule has 178 valence electrons. The van der Waals surface area contributed by atoms with Crippen LogP contribution in [0.25, 0.3) is 0 Å². The number of benzene rings is 1. The van der Waals surface area contributed by atoms with Gasteiger partial charge >= 0.3 is 0 Å². The average molecular weight is 490 g/mol. The molecule has 0 radical (unpaired) electrons. The SMILES string of the molecule is COc1ccccc1N1CCN(C(=O)CSc2nc(Cl)cc(N(C)C3CCCCC3)n2)CC1. The number of rotatable bonds is 7. The number of carbonyl (C=O) groups excluding carboxylic acids is 1. The minimum atomic E-state index is 0.102. The largest absolute Gasteiger partial charge is 0.495 e. The van der Waals surface area contributed by atoms with Gasteiger partial charge in [0.25, 0.3) is 0 Å². The third kappa shape index (κ3) is 6.03. The topological polar surface area (TPSA) is 61.8 Å². The molecule has 2 aliphatic rings. The van der Waals surface area contributed by atoms with E-state index in [0.29, 0.717) is 35.2 Å². The number of aromatic nitrogens is 2. The monoisotopic (exact) mass is 489 g/mol. The van der Waals surface area contributed by atoms with Crippen LogP contribution in [0.3, 0.4) is 0 Å². The maximum atomic E-state index is 12.9. The zero-order valence-corrected chi connectivity index (χ0v) is 20.9. The van der Waals surface area contributed by atoms with Crippen LogP contribution in [0.2, 0.25) is 5.15 Å². The number of hydrogen-bond acceptors (Lipinski definition) is 7. The molecular weight excluding hydrogens is 458 g/mol. The summed E-state index contributed by atoms with van der Waals surface area (Å²) in [6.07, 6.45) is 6.19. The van der Waals surface area contributed by atoms with Gasteiger partial charge in [0.1, 0.15) is 16.7 Å². The Labute approximate surface area is 205 Å². The number of anilines is 2. The van der Waals surface area contributed by atoms with Crippen molar-refractivity contribution in [2.45, 2.75) is 43.3 Å². The number of para-hydroxylation sites is 2. The van der Waals surface area contributed by atoms with Crippen LogP contribution in [0.1, 0.15) is 32.1 Å². The first-order chi connectivity index (χ1) is 16.0. The van der Waals surface area contributed by atoms with E-state index in [2.05, 4.69) is 27.9 Å². The third-order valence-corrected chi connectivity index (χ3v) is 7.55. The van der Waals surface area contributed by atoms with Crippen LogP contribution in [0.5, 0.6) is 5.75 Å². The number of hydrogen-bond donors (Lipinski definition) is 0. The molecule has 33 heavy (non-hydrogen) atoms. The fourth-order valence-electron chi connectivity index (χ4n) is 4.59. The Morgan fingerprint density at radius 3 is 2.61 bits per heavy atom. The standard InChI is InChI=1S/C24H32ClN5O2S/c1-28(18-8-4-3-5-9-18)22-16-21(25)26-24(27-22)33-17-23(31)30-14-12-29(13-15-30)19-10-6-7-11-20(19)32-2/h6-7,10-11,16,18H,3-5,8-9,12-15,17H2,1-2H3. The second-order valence-corrected chi connectivity index (χ2v) is 9.89. The molecule has 1 saturated carbocycles. The van der Waals surface area contributed by atoms with E-state index in [-0.39, 0.29) is 5.91 Å². The fourth-order valence-corrected chi connectivity index (χ4v) is 5.58. The van der Waals surface area contributed by atoms with E-state index in [9.17, 15) is 4.79 Å². The number of thioether (sulfide) groups is 1. The Balaban J connectivity index is 1.31. The number of methoxy groups -OCH3 is 1. The molecule has 0 bridgehead atoms. The summed E-state index contributed by atoms with van der Waals surface area (Å²) in [5.74, 6) is 2.11. The molecule has 1 aromatic heterocycles. The molecule has 2 aromatic rings. The van der Waals surface area contributed by atoms with Gasteiger partial charge in [-0.15, -0.1) is 0 Å². The van der Waals surface area contributed by atoms with E-state index in [1.807, 2.05) is 29.2 Å². The molecule has 1 aliphatic carbocycles. The van der Waals surface area contributed by atoms with Crippen LogP contribution in [-0.4, -0.2) is 72.9 Å². The molecule has 4 rings (SSSR count). The van der Waals surface area contributed by atoms with Crippen molar-refractivity contribution < 1.29 is 9.53 Å². The van der Waals surface area contributed by atoms with Crippen molar-refractivity contribution in [3.63, 3.8) is 0 Å². The van der Waals surface area contributed by atoms with Gasteiger partial charge in [0, 0.05) is 45.3 Å². The van der Waals surface area contributed by atoms with Crippen molar-refractivity contribution in [2.75, 3.05) is 55.9 Å². The summed E-state index contributed by atoms with van der Waals surface area (Å²) in [5.41, 5.74) is 1.07. The smallest absolute Gasteiger partial charge is 0.233 e. The number of amides is 1. The highest BCUT2D eigenvalue weighted by Gasteiger charge is 2.24. The highest BCUT2D eigenvalue weighted by Crippen LogP contribution is 2.29. The lowest BCUT2D eigenvalue weighted by Crippen LogP contribution is -2.49. The van der Waals surface area contributed by atoms with Gasteiger partial charge in [0.05, 0.1) is 18.6 Å². The molecule has 1 aliphatic heterocycles. The first kappa shape index (κ1) is 24.0. The van der Waals surface area contributed by atoms with Gasteiger partial charge in [0.15, 0.2) is 5.16 Å². The highest BCUT2D eigenvalue weighted by molar-refractivity contribution is 7.99. The summed E-state index contributed by atoms with van der Waals surface area (Å²) in [5, 5.41) is 0.976. The fraction of sp³-hybridized carbons (Fsp3) is 0.542. The predicted molar refractivity (Wildman–Crippen MR) is 135 cm³/mol. The van der Waals surface area contributed by atoms with Crippen LogP contribution >= 0.6 is 23.4 Å². The Bertz CT molecular complexity index is 948. The van der Waals surface area contributed by atoms with Gasteiger partial charge in [-0.1, -0.05) is 54.8 Å². The second kappa shape index (κ2) is 11.3. The van der Waals surface area contributed by atoms with E-state index in [0.717, 1.165) is 30.3 Å². The maximum Gasteiger partial charge on any atom is 0.233 e. The molecule has 1 amide bonds. The van der Waals surface area contributed by atoms with Gasteiger partial charge in [-0.2, -0.15) is 0 Å². The lowest BCUT2D eigenvalue weighted by atomic mass is 9.94. The molecule has 0 spiro atoms. The normalized spacial score (nSPS) is 17.2. The Hall–Kier alpha value is -2.19. The first-order valence-electron chi connectivity index (χ1n) is 11.6. The van der Waals surface area contributed by atoms with Crippen molar-refractivity contribution >= 4 is 40.8 Å².